The third-order valence-electron chi connectivity index (χ3n) is 3.71. The summed E-state index contributed by atoms with van der Waals surface area (Å²) in [5.41, 5.74) is 3.70. The molecule has 1 aliphatic heterocycles. The maximum atomic E-state index is 5.91. The first-order chi connectivity index (χ1) is 10.1. The molecule has 1 aliphatic rings. The molecule has 0 amide bonds. The predicted octanol–water partition coefficient (Wildman–Crippen LogP) is 4.73. The van der Waals surface area contributed by atoms with Crippen molar-refractivity contribution in [3.8, 4) is 5.75 Å². The van der Waals surface area contributed by atoms with Crippen LogP contribution in [-0.4, -0.2) is 11.9 Å². The minimum Gasteiger partial charge on any atom is -0.487 e. The van der Waals surface area contributed by atoms with Crippen LogP contribution in [0.5, 0.6) is 5.75 Å². The third-order valence-corrected chi connectivity index (χ3v) is 4.46. The fourth-order valence-corrected chi connectivity index (χ4v) is 3.09. The van der Waals surface area contributed by atoms with Gasteiger partial charge in [-0.3, -0.25) is 0 Å². The second-order valence-electron chi connectivity index (χ2n) is 6.06. The van der Waals surface area contributed by atoms with Gasteiger partial charge in [0.25, 0.3) is 0 Å². The molecule has 0 bridgehead atoms. The van der Waals surface area contributed by atoms with Gasteiger partial charge in [0.1, 0.15) is 11.4 Å². The number of nitrogens with one attached hydrogen (secondary N) is 1. The summed E-state index contributed by atoms with van der Waals surface area (Å²) in [7, 11) is 0. The van der Waals surface area contributed by atoms with Crippen LogP contribution in [0.4, 0.5) is 5.69 Å². The molecule has 0 atom stereocenters. The molecule has 0 saturated carbocycles. The van der Waals surface area contributed by atoms with E-state index in [4.69, 9.17) is 4.74 Å². The lowest BCUT2D eigenvalue weighted by atomic mass is 10.0. The minimum atomic E-state index is -0.0674. The number of benzene rings is 2. The second kappa shape index (κ2) is 5.64. The zero-order valence-electron chi connectivity index (χ0n) is 12.8. The van der Waals surface area contributed by atoms with Gasteiger partial charge >= 0.3 is 0 Å². The summed E-state index contributed by atoms with van der Waals surface area (Å²) in [6, 6.07) is 15.0. The van der Waals surface area contributed by atoms with E-state index >= 15 is 0 Å². The lowest BCUT2D eigenvalue weighted by Gasteiger charge is -2.16. The van der Waals surface area contributed by atoms with Crippen molar-refractivity contribution in [1.82, 2.24) is 0 Å². The van der Waals surface area contributed by atoms with Crippen molar-refractivity contribution in [3.63, 3.8) is 0 Å². The Hall–Kier alpha value is -1.61. The molecule has 3 heteroatoms. The number of thioether (sulfide) groups is 1. The van der Waals surface area contributed by atoms with Crippen LogP contribution in [0.25, 0.3) is 0 Å². The van der Waals surface area contributed by atoms with Crippen molar-refractivity contribution in [2.45, 2.75) is 37.3 Å². The number of ether oxygens (including phenoxy) is 1. The number of fused-ring (bicyclic) bond motifs is 1. The van der Waals surface area contributed by atoms with Crippen molar-refractivity contribution < 1.29 is 4.74 Å². The zero-order chi connectivity index (χ0) is 14.9. The number of rotatable bonds is 4. The number of anilines is 1. The topological polar surface area (TPSA) is 21.3 Å². The Morgan fingerprint density at radius 2 is 1.90 bits per heavy atom. The molecule has 0 unspecified atom stereocenters. The Kier molecular flexibility index (Phi) is 3.85. The van der Waals surface area contributed by atoms with Crippen LogP contribution in [0.3, 0.4) is 0 Å². The van der Waals surface area contributed by atoms with Gasteiger partial charge in [0.05, 0.1) is 0 Å². The Bertz CT molecular complexity index is 634. The van der Waals surface area contributed by atoms with Gasteiger partial charge in [-0.15, -0.1) is 11.8 Å². The van der Waals surface area contributed by atoms with E-state index in [1.165, 1.54) is 16.0 Å². The Balaban J connectivity index is 1.66. The second-order valence-corrected chi connectivity index (χ2v) is 6.94. The summed E-state index contributed by atoms with van der Waals surface area (Å²) in [6.45, 7) is 5.11. The molecule has 1 N–H and O–H groups in total. The van der Waals surface area contributed by atoms with Crippen LogP contribution in [-0.2, 0) is 13.0 Å². The maximum Gasteiger partial charge on any atom is 0.123 e. The Morgan fingerprint density at radius 3 is 2.62 bits per heavy atom. The number of hydrogen-bond donors (Lipinski definition) is 1. The highest BCUT2D eigenvalue weighted by Crippen LogP contribution is 2.35. The molecule has 0 spiro atoms. The summed E-state index contributed by atoms with van der Waals surface area (Å²) in [5, 5.41) is 3.47. The highest BCUT2D eigenvalue weighted by Gasteiger charge is 2.29. The molecule has 2 aromatic rings. The number of hydrogen-bond acceptors (Lipinski definition) is 3. The minimum absolute atomic E-state index is 0.0674. The predicted molar refractivity (Wildman–Crippen MR) is 90.4 cm³/mol. The highest BCUT2D eigenvalue weighted by atomic mass is 32.2. The summed E-state index contributed by atoms with van der Waals surface area (Å²) in [6.07, 6.45) is 3.08. The molecule has 0 aliphatic carbocycles. The fourth-order valence-electron chi connectivity index (χ4n) is 2.69. The SMILES string of the molecule is CSc1ccc(NCc2ccc3c(c2)CC(C)(C)O3)cc1. The molecule has 2 aromatic carbocycles. The quantitative estimate of drug-likeness (QED) is 0.824. The van der Waals surface area contributed by atoms with Crippen LogP contribution in [0.15, 0.2) is 47.4 Å². The molecule has 0 saturated heterocycles. The maximum absolute atomic E-state index is 5.91. The molecular weight excluding hydrogens is 278 g/mol. The molecule has 3 rings (SSSR count). The van der Waals surface area contributed by atoms with Gasteiger partial charge in [-0.1, -0.05) is 12.1 Å². The summed E-state index contributed by atoms with van der Waals surface area (Å²) in [5.74, 6) is 1.04. The van der Waals surface area contributed by atoms with Crippen molar-refractivity contribution in [1.29, 1.82) is 0 Å². The molecular formula is C18H21NOS. The monoisotopic (exact) mass is 299 g/mol. The first-order valence-electron chi connectivity index (χ1n) is 7.24. The van der Waals surface area contributed by atoms with Crippen molar-refractivity contribution >= 4 is 17.4 Å². The van der Waals surface area contributed by atoms with Gasteiger partial charge in [-0.25, -0.2) is 0 Å². The van der Waals surface area contributed by atoms with Gasteiger partial charge in [0, 0.05) is 23.5 Å². The average Bonchev–Trinajstić information content (AvgIpc) is 2.78. The Morgan fingerprint density at radius 1 is 1.14 bits per heavy atom. The smallest absolute Gasteiger partial charge is 0.123 e. The summed E-state index contributed by atoms with van der Waals surface area (Å²) >= 11 is 1.76. The van der Waals surface area contributed by atoms with E-state index in [1.54, 1.807) is 11.8 Å². The molecule has 110 valence electrons. The van der Waals surface area contributed by atoms with E-state index in [9.17, 15) is 0 Å². The van der Waals surface area contributed by atoms with Crippen molar-refractivity contribution in [3.05, 3.63) is 53.6 Å². The van der Waals surface area contributed by atoms with Gasteiger partial charge in [-0.2, -0.15) is 0 Å². The van der Waals surface area contributed by atoms with Crippen molar-refractivity contribution in [2.24, 2.45) is 0 Å². The molecule has 21 heavy (non-hydrogen) atoms. The van der Waals surface area contributed by atoms with Crippen molar-refractivity contribution in [2.75, 3.05) is 11.6 Å². The lowest BCUT2D eigenvalue weighted by molar-refractivity contribution is 0.138. The normalized spacial score (nSPS) is 15.4. The first kappa shape index (κ1) is 14.3. The van der Waals surface area contributed by atoms with Crippen LogP contribution in [0.2, 0.25) is 0 Å². The van der Waals surface area contributed by atoms with Gasteiger partial charge in [-0.05, 0) is 61.6 Å². The molecule has 1 heterocycles. The van der Waals surface area contributed by atoms with E-state index < -0.39 is 0 Å². The molecule has 2 nitrogen and oxygen atoms in total. The van der Waals surface area contributed by atoms with E-state index in [0.717, 1.165) is 24.4 Å². The fraction of sp³-hybridized carbons (Fsp3) is 0.333. The Labute approximate surface area is 130 Å². The summed E-state index contributed by atoms with van der Waals surface area (Å²) in [4.78, 5) is 1.29. The first-order valence-corrected chi connectivity index (χ1v) is 8.47. The van der Waals surface area contributed by atoms with Gasteiger partial charge in [0.15, 0.2) is 0 Å². The van der Waals surface area contributed by atoms with E-state index in [1.807, 2.05) is 0 Å². The van der Waals surface area contributed by atoms with Gasteiger partial charge in [0.2, 0.25) is 0 Å². The van der Waals surface area contributed by atoms with Crippen LogP contribution >= 0.6 is 11.8 Å². The highest BCUT2D eigenvalue weighted by molar-refractivity contribution is 7.98. The van der Waals surface area contributed by atoms with Crippen LogP contribution in [0.1, 0.15) is 25.0 Å². The van der Waals surface area contributed by atoms with E-state index in [0.29, 0.717) is 0 Å². The third kappa shape index (κ3) is 3.35. The zero-order valence-corrected chi connectivity index (χ0v) is 13.6. The van der Waals surface area contributed by atoms with Crippen LogP contribution < -0.4 is 10.1 Å². The van der Waals surface area contributed by atoms with E-state index in [-0.39, 0.29) is 5.60 Å². The van der Waals surface area contributed by atoms with Crippen LogP contribution in [0, 0.1) is 0 Å². The van der Waals surface area contributed by atoms with E-state index in [2.05, 4.69) is 67.9 Å². The molecule has 0 radical (unpaired) electrons. The average molecular weight is 299 g/mol. The van der Waals surface area contributed by atoms with Gasteiger partial charge < -0.3 is 10.1 Å². The lowest BCUT2D eigenvalue weighted by Crippen LogP contribution is -2.24. The summed E-state index contributed by atoms with van der Waals surface area (Å²) < 4.78 is 5.91. The standard InChI is InChI=1S/C18H21NOS/c1-18(2)11-14-10-13(4-9-17(14)20-18)12-19-15-5-7-16(21-3)8-6-15/h4-10,19H,11-12H2,1-3H3. The molecule has 0 aromatic heterocycles. The largest absolute Gasteiger partial charge is 0.487 e. The molecule has 0 fully saturated rings.